The lowest BCUT2D eigenvalue weighted by molar-refractivity contribution is 0.154. The molecular weight excluding hydrogens is 216 g/mol. The zero-order valence-corrected chi connectivity index (χ0v) is 10.9. The minimum Gasteiger partial charge on any atom is -0.380 e. The SMILES string of the molecule is CCNc1cncc(N(CC)CCOCC)n1. The molecule has 0 radical (unpaired) electrons. The lowest BCUT2D eigenvalue weighted by atomic mass is 10.4. The van der Waals surface area contributed by atoms with Gasteiger partial charge in [-0.3, -0.25) is 4.98 Å². The predicted molar refractivity (Wildman–Crippen MR) is 70.6 cm³/mol. The highest BCUT2D eigenvalue weighted by molar-refractivity contribution is 5.43. The van der Waals surface area contributed by atoms with E-state index in [-0.39, 0.29) is 0 Å². The quantitative estimate of drug-likeness (QED) is 0.699. The Bertz CT molecular complexity index is 319. The van der Waals surface area contributed by atoms with Gasteiger partial charge in [0.1, 0.15) is 11.6 Å². The van der Waals surface area contributed by atoms with Crippen LogP contribution < -0.4 is 10.2 Å². The number of rotatable bonds is 8. The second-order valence-electron chi connectivity index (χ2n) is 3.57. The van der Waals surface area contributed by atoms with E-state index < -0.39 is 0 Å². The van der Waals surface area contributed by atoms with Crippen molar-refractivity contribution in [1.82, 2.24) is 9.97 Å². The lowest BCUT2D eigenvalue weighted by Crippen LogP contribution is -2.28. The van der Waals surface area contributed by atoms with Gasteiger partial charge in [-0.1, -0.05) is 0 Å². The van der Waals surface area contributed by atoms with Crippen LogP contribution in [0.15, 0.2) is 12.4 Å². The number of aromatic nitrogens is 2. The summed E-state index contributed by atoms with van der Waals surface area (Å²) in [5.41, 5.74) is 0. The van der Waals surface area contributed by atoms with Crippen LogP contribution in [-0.4, -0.2) is 42.8 Å². The van der Waals surface area contributed by atoms with Crippen molar-refractivity contribution in [3.05, 3.63) is 12.4 Å². The molecule has 0 bridgehead atoms. The minimum atomic E-state index is 0.720. The number of nitrogens with zero attached hydrogens (tertiary/aromatic N) is 3. The van der Waals surface area contributed by atoms with Gasteiger partial charge in [0, 0.05) is 26.2 Å². The molecule has 0 aliphatic heterocycles. The van der Waals surface area contributed by atoms with Crippen LogP contribution in [0, 0.1) is 0 Å². The summed E-state index contributed by atoms with van der Waals surface area (Å²) in [6.07, 6.45) is 3.53. The molecule has 0 aliphatic rings. The van der Waals surface area contributed by atoms with Crippen LogP contribution in [0.3, 0.4) is 0 Å². The Hall–Kier alpha value is -1.36. The van der Waals surface area contributed by atoms with E-state index >= 15 is 0 Å². The van der Waals surface area contributed by atoms with Crippen LogP contribution in [-0.2, 0) is 4.74 Å². The van der Waals surface area contributed by atoms with Crippen LogP contribution in [0.5, 0.6) is 0 Å². The molecule has 96 valence electrons. The van der Waals surface area contributed by atoms with Crippen LogP contribution >= 0.6 is 0 Å². The molecule has 0 saturated carbocycles. The second kappa shape index (κ2) is 7.84. The van der Waals surface area contributed by atoms with Crippen molar-refractivity contribution < 1.29 is 4.74 Å². The van der Waals surface area contributed by atoms with Gasteiger partial charge in [-0.25, -0.2) is 4.98 Å². The van der Waals surface area contributed by atoms with Gasteiger partial charge in [-0.15, -0.1) is 0 Å². The Morgan fingerprint density at radius 1 is 1.29 bits per heavy atom. The van der Waals surface area contributed by atoms with Gasteiger partial charge in [0.25, 0.3) is 0 Å². The molecule has 0 amide bonds. The van der Waals surface area contributed by atoms with Gasteiger partial charge in [-0.05, 0) is 20.8 Å². The number of likely N-dealkylation sites (N-methyl/N-ethyl adjacent to an activating group) is 1. The second-order valence-corrected chi connectivity index (χ2v) is 3.57. The number of anilines is 2. The van der Waals surface area contributed by atoms with Gasteiger partial charge < -0.3 is 15.0 Å². The third-order valence-corrected chi connectivity index (χ3v) is 2.40. The first-order valence-electron chi connectivity index (χ1n) is 6.20. The van der Waals surface area contributed by atoms with E-state index in [1.165, 1.54) is 0 Å². The summed E-state index contributed by atoms with van der Waals surface area (Å²) in [6, 6.07) is 0. The van der Waals surface area contributed by atoms with E-state index in [1.54, 1.807) is 12.4 Å². The fraction of sp³-hybridized carbons (Fsp3) is 0.667. The Labute approximate surface area is 103 Å². The van der Waals surface area contributed by atoms with Crippen molar-refractivity contribution in [3.8, 4) is 0 Å². The van der Waals surface area contributed by atoms with Crippen molar-refractivity contribution >= 4 is 11.6 Å². The van der Waals surface area contributed by atoms with Crippen LogP contribution in [0.1, 0.15) is 20.8 Å². The Balaban J connectivity index is 2.63. The molecule has 1 heterocycles. The van der Waals surface area contributed by atoms with E-state index in [9.17, 15) is 0 Å². The zero-order chi connectivity index (χ0) is 12.5. The van der Waals surface area contributed by atoms with Gasteiger partial charge in [0.2, 0.25) is 0 Å². The molecule has 17 heavy (non-hydrogen) atoms. The largest absolute Gasteiger partial charge is 0.380 e. The normalized spacial score (nSPS) is 10.3. The summed E-state index contributed by atoms with van der Waals surface area (Å²) in [5.74, 6) is 1.71. The minimum absolute atomic E-state index is 0.720. The molecule has 0 unspecified atom stereocenters. The van der Waals surface area contributed by atoms with Crippen molar-refractivity contribution in [3.63, 3.8) is 0 Å². The van der Waals surface area contributed by atoms with Crippen molar-refractivity contribution in [2.45, 2.75) is 20.8 Å². The first-order valence-corrected chi connectivity index (χ1v) is 6.20. The average Bonchev–Trinajstić information content (AvgIpc) is 2.35. The molecule has 0 aliphatic carbocycles. The fourth-order valence-electron chi connectivity index (χ4n) is 1.53. The molecule has 0 aromatic carbocycles. The Morgan fingerprint density at radius 3 is 2.76 bits per heavy atom. The topological polar surface area (TPSA) is 50.3 Å². The molecule has 1 aromatic heterocycles. The first-order chi connectivity index (χ1) is 8.31. The summed E-state index contributed by atoms with van der Waals surface area (Å²) in [5, 5.41) is 3.16. The highest BCUT2D eigenvalue weighted by atomic mass is 16.5. The molecule has 0 atom stereocenters. The maximum absolute atomic E-state index is 5.36. The fourth-order valence-corrected chi connectivity index (χ4v) is 1.53. The molecule has 1 rings (SSSR count). The van der Waals surface area contributed by atoms with E-state index in [0.29, 0.717) is 0 Å². The number of ether oxygens (including phenoxy) is 1. The Morgan fingerprint density at radius 2 is 2.12 bits per heavy atom. The molecule has 1 N–H and O–H groups in total. The third-order valence-electron chi connectivity index (χ3n) is 2.40. The van der Waals surface area contributed by atoms with Crippen molar-refractivity contribution in [2.24, 2.45) is 0 Å². The highest BCUT2D eigenvalue weighted by Crippen LogP contribution is 2.11. The maximum Gasteiger partial charge on any atom is 0.149 e. The molecule has 0 saturated heterocycles. The van der Waals surface area contributed by atoms with Crippen molar-refractivity contribution in [1.29, 1.82) is 0 Å². The monoisotopic (exact) mass is 238 g/mol. The molecule has 5 heteroatoms. The van der Waals surface area contributed by atoms with Crippen LogP contribution in [0.25, 0.3) is 0 Å². The van der Waals surface area contributed by atoms with E-state index in [1.807, 2.05) is 13.8 Å². The van der Waals surface area contributed by atoms with Crippen LogP contribution in [0.4, 0.5) is 11.6 Å². The summed E-state index contributed by atoms with van der Waals surface area (Å²) < 4.78 is 5.36. The molecule has 0 spiro atoms. The van der Waals surface area contributed by atoms with E-state index in [0.717, 1.165) is 44.5 Å². The summed E-state index contributed by atoms with van der Waals surface area (Å²) in [4.78, 5) is 10.9. The Kier molecular flexibility index (Phi) is 6.32. The summed E-state index contributed by atoms with van der Waals surface area (Å²) in [6.45, 7) is 10.2. The molecule has 5 nitrogen and oxygen atoms in total. The maximum atomic E-state index is 5.36. The van der Waals surface area contributed by atoms with Gasteiger partial charge in [0.15, 0.2) is 0 Å². The van der Waals surface area contributed by atoms with E-state index in [4.69, 9.17) is 4.74 Å². The zero-order valence-electron chi connectivity index (χ0n) is 10.9. The van der Waals surface area contributed by atoms with E-state index in [2.05, 4.69) is 27.1 Å². The van der Waals surface area contributed by atoms with Crippen LogP contribution in [0.2, 0.25) is 0 Å². The summed E-state index contributed by atoms with van der Waals surface area (Å²) in [7, 11) is 0. The molecule has 1 aromatic rings. The van der Waals surface area contributed by atoms with Gasteiger partial charge in [-0.2, -0.15) is 0 Å². The number of hydrogen-bond acceptors (Lipinski definition) is 5. The van der Waals surface area contributed by atoms with Gasteiger partial charge in [0.05, 0.1) is 19.0 Å². The first kappa shape index (κ1) is 13.7. The van der Waals surface area contributed by atoms with Crippen molar-refractivity contribution in [2.75, 3.05) is 43.1 Å². The predicted octanol–water partition coefficient (Wildman–Crippen LogP) is 1.77. The molecular formula is C12H22N4O. The van der Waals surface area contributed by atoms with Gasteiger partial charge >= 0.3 is 0 Å². The third kappa shape index (κ3) is 4.56. The standard InChI is InChI=1S/C12H22N4O/c1-4-14-11-9-13-10-12(15-11)16(5-2)7-8-17-6-3/h9-10H,4-8H2,1-3H3,(H,14,15). The number of nitrogens with one attached hydrogen (secondary N) is 1. The summed E-state index contributed by atoms with van der Waals surface area (Å²) >= 11 is 0. The smallest absolute Gasteiger partial charge is 0.149 e. The lowest BCUT2D eigenvalue weighted by Gasteiger charge is -2.21. The number of hydrogen-bond donors (Lipinski definition) is 1. The average molecular weight is 238 g/mol. The molecule has 0 fully saturated rings. The highest BCUT2D eigenvalue weighted by Gasteiger charge is 2.06.